The second-order valence-corrected chi connectivity index (χ2v) is 3.49. The third-order valence-electron chi connectivity index (χ3n) is 2.41. The van der Waals surface area contributed by atoms with Crippen LogP contribution in [0.3, 0.4) is 0 Å². The van der Waals surface area contributed by atoms with Crippen molar-refractivity contribution in [1.82, 2.24) is 0 Å². The summed E-state index contributed by atoms with van der Waals surface area (Å²) in [5.74, 6) is 1.52. The van der Waals surface area contributed by atoms with Gasteiger partial charge in [-0.3, -0.25) is 0 Å². The van der Waals surface area contributed by atoms with Gasteiger partial charge in [0.2, 0.25) is 0 Å². The molecule has 1 heteroatoms. The molecule has 0 saturated carbocycles. The lowest BCUT2D eigenvalue weighted by atomic mass is 9.98. The molecule has 0 N–H and O–H groups in total. The minimum absolute atomic E-state index is 0.828. The van der Waals surface area contributed by atoms with E-state index >= 15 is 0 Å². The maximum Gasteiger partial charge on any atom is 0.189 e. The van der Waals surface area contributed by atoms with Gasteiger partial charge in [0.05, 0.1) is 12.8 Å². The lowest BCUT2D eigenvalue weighted by molar-refractivity contribution is 0.202. The summed E-state index contributed by atoms with van der Waals surface area (Å²) in [4.78, 5) is 0. The summed E-state index contributed by atoms with van der Waals surface area (Å²) in [6.45, 7) is 9.20. The van der Waals surface area contributed by atoms with Crippen LogP contribution in [0.1, 0.15) is 46.0 Å². The smallest absolute Gasteiger partial charge is 0.189 e. The van der Waals surface area contributed by atoms with Gasteiger partial charge in [0, 0.05) is 7.11 Å². The molecule has 0 aromatic rings. The number of ether oxygens (including phenoxy) is 1. The van der Waals surface area contributed by atoms with Gasteiger partial charge >= 0.3 is 0 Å². The molecule has 0 aromatic carbocycles. The van der Waals surface area contributed by atoms with Crippen LogP contribution in [0.25, 0.3) is 0 Å². The summed E-state index contributed by atoms with van der Waals surface area (Å²) >= 11 is 0. The topological polar surface area (TPSA) is 9.23 Å². The fourth-order valence-electron chi connectivity index (χ4n) is 1.32. The minimum atomic E-state index is 0.828. The van der Waals surface area contributed by atoms with E-state index in [2.05, 4.69) is 20.4 Å². The van der Waals surface area contributed by atoms with E-state index in [1.54, 1.807) is 7.11 Å². The van der Waals surface area contributed by atoms with Crippen molar-refractivity contribution in [2.75, 3.05) is 13.7 Å². The van der Waals surface area contributed by atoms with Crippen molar-refractivity contribution in [2.24, 2.45) is 0 Å². The second-order valence-electron chi connectivity index (χ2n) is 3.49. The van der Waals surface area contributed by atoms with E-state index in [-0.39, 0.29) is 0 Å². The molecule has 0 atom stereocenters. The van der Waals surface area contributed by atoms with Gasteiger partial charge in [0.25, 0.3) is 0 Å². The normalized spacial score (nSPS) is 10.1. The molecule has 76 valence electrons. The molecule has 0 aromatic heterocycles. The van der Waals surface area contributed by atoms with Crippen molar-refractivity contribution in [3.05, 3.63) is 18.1 Å². The van der Waals surface area contributed by atoms with Gasteiger partial charge in [-0.2, -0.15) is 0 Å². The molecule has 0 aliphatic heterocycles. The van der Waals surface area contributed by atoms with Crippen molar-refractivity contribution < 1.29 is 4.74 Å². The molecule has 0 unspecified atom stereocenters. The number of rotatable bonds is 8. The number of methoxy groups -OCH3 is 1. The lowest BCUT2D eigenvalue weighted by Gasteiger charge is -2.04. The zero-order valence-corrected chi connectivity index (χ0v) is 9.36. The molecular weight excluding hydrogens is 160 g/mol. The van der Waals surface area contributed by atoms with Crippen LogP contribution in [0.15, 0.2) is 12.2 Å². The van der Waals surface area contributed by atoms with Crippen LogP contribution >= 0.6 is 0 Å². The minimum Gasteiger partial charge on any atom is -0.343 e. The summed E-state index contributed by atoms with van der Waals surface area (Å²) in [7, 11) is 1.76. The highest BCUT2D eigenvalue weighted by Gasteiger charge is 2.15. The van der Waals surface area contributed by atoms with Gasteiger partial charge in [-0.05, 0) is 26.2 Å². The molecule has 0 spiro atoms. The van der Waals surface area contributed by atoms with E-state index in [0.717, 1.165) is 19.4 Å². The van der Waals surface area contributed by atoms with Crippen molar-refractivity contribution in [3.63, 3.8) is 0 Å². The predicted molar refractivity (Wildman–Crippen MR) is 58.7 cm³/mol. The molecular formula is C12H23O+. The molecule has 13 heavy (non-hydrogen) atoms. The van der Waals surface area contributed by atoms with Gasteiger partial charge in [0.1, 0.15) is 5.92 Å². The molecule has 0 aliphatic rings. The van der Waals surface area contributed by atoms with Crippen LogP contribution in [0.4, 0.5) is 0 Å². The third-order valence-corrected chi connectivity index (χ3v) is 2.41. The first kappa shape index (κ1) is 12.6. The van der Waals surface area contributed by atoms with Crippen molar-refractivity contribution in [3.8, 4) is 0 Å². The maximum atomic E-state index is 5.12. The Morgan fingerprint density at radius 1 is 1.38 bits per heavy atom. The molecule has 0 amide bonds. The largest absolute Gasteiger partial charge is 0.343 e. The van der Waals surface area contributed by atoms with Gasteiger partial charge in [0.15, 0.2) is 6.61 Å². The highest BCUT2D eigenvalue weighted by molar-refractivity contribution is 4.95. The zero-order valence-electron chi connectivity index (χ0n) is 9.36. The molecule has 0 radical (unpaired) electrons. The zero-order chi connectivity index (χ0) is 10.1. The summed E-state index contributed by atoms with van der Waals surface area (Å²) in [5.41, 5.74) is 1.37. The number of hydrogen-bond acceptors (Lipinski definition) is 1. The highest BCUT2D eigenvalue weighted by Crippen LogP contribution is 2.17. The van der Waals surface area contributed by atoms with Crippen molar-refractivity contribution in [2.45, 2.75) is 46.0 Å². The lowest BCUT2D eigenvalue weighted by Crippen LogP contribution is -2.04. The Labute approximate surface area is 83.2 Å². The first-order valence-electron chi connectivity index (χ1n) is 5.23. The van der Waals surface area contributed by atoms with Crippen LogP contribution in [0, 0.1) is 5.92 Å². The van der Waals surface area contributed by atoms with Crippen LogP contribution in [-0.4, -0.2) is 13.7 Å². The fraction of sp³-hybridized carbons (Fsp3) is 0.750. The molecule has 0 aliphatic carbocycles. The number of hydrogen-bond donors (Lipinski definition) is 0. The quantitative estimate of drug-likeness (QED) is 0.411. The van der Waals surface area contributed by atoms with E-state index in [1.807, 2.05) is 0 Å². The van der Waals surface area contributed by atoms with Crippen LogP contribution in [-0.2, 0) is 4.74 Å². The summed E-state index contributed by atoms with van der Waals surface area (Å²) < 4.78 is 5.12. The highest BCUT2D eigenvalue weighted by atomic mass is 16.5. The Bertz CT molecular complexity index is 129. The van der Waals surface area contributed by atoms with E-state index in [1.165, 1.54) is 30.8 Å². The van der Waals surface area contributed by atoms with Crippen molar-refractivity contribution >= 4 is 0 Å². The fourth-order valence-corrected chi connectivity index (χ4v) is 1.32. The van der Waals surface area contributed by atoms with Crippen LogP contribution in [0.5, 0.6) is 0 Å². The molecule has 0 heterocycles. The van der Waals surface area contributed by atoms with Gasteiger partial charge in [-0.25, -0.2) is 0 Å². The molecule has 0 rings (SSSR count). The third kappa shape index (κ3) is 6.71. The van der Waals surface area contributed by atoms with E-state index in [4.69, 9.17) is 4.74 Å². The Morgan fingerprint density at radius 2 is 2.08 bits per heavy atom. The summed E-state index contributed by atoms with van der Waals surface area (Å²) in [5, 5.41) is 0. The molecule has 0 saturated heterocycles. The first-order valence-corrected chi connectivity index (χ1v) is 5.23. The Morgan fingerprint density at radius 3 is 2.54 bits per heavy atom. The summed E-state index contributed by atoms with van der Waals surface area (Å²) in [6.07, 6.45) is 5.87. The molecule has 1 nitrogen and oxygen atoms in total. The monoisotopic (exact) mass is 183 g/mol. The number of allylic oxidation sites excluding steroid dienone is 1. The van der Waals surface area contributed by atoms with E-state index in [0.29, 0.717) is 0 Å². The molecule has 0 bridgehead atoms. The predicted octanol–water partition coefficient (Wildman–Crippen LogP) is 3.75. The SMILES string of the molecule is C=C(CC)CCC[C+](CC)COC. The second kappa shape index (κ2) is 8.18. The van der Waals surface area contributed by atoms with E-state index < -0.39 is 0 Å². The Kier molecular flexibility index (Phi) is 7.91. The molecule has 0 fully saturated rings. The summed E-state index contributed by atoms with van der Waals surface area (Å²) in [6, 6.07) is 0. The van der Waals surface area contributed by atoms with Crippen LogP contribution < -0.4 is 0 Å². The van der Waals surface area contributed by atoms with Gasteiger partial charge < -0.3 is 4.74 Å². The average molecular weight is 183 g/mol. The van der Waals surface area contributed by atoms with E-state index in [9.17, 15) is 0 Å². The standard InChI is InChI=1S/C12H23O/c1-5-11(3)8-7-9-12(6-2)10-13-4/h3,5-10H2,1-2,4H3/q+1. The van der Waals surface area contributed by atoms with Crippen molar-refractivity contribution in [1.29, 1.82) is 0 Å². The average Bonchev–Trinajstić information content (AvgIpc) is 2.16. The van der Waals surface area contributed by atoms with Crippen LogP contribution in [0.2, 0.25) is 0 Å². The van der Waals surface area contributed by atoms with Gasteiger partial charge in [-0.15, -0.1) is 0 Å². The first-order chi connectivity index (χ1) is 6.24. The maximum absolute atomic E-state index is 5.12. The van der Waals surface area contributed by atoms with Gasteiger partial charge in [-0.1, -0.05) is 19.1 Å². The Hall–Kier alpha value is -0.430. The Balaban J connectivity index is 3.42.